The first kappa shape index (κ1) is 36.3. The van der Waals surface area contributed by atoms with Gasteiger partial charge in [0.1, 0.15) is 30.3 Å². The van der Waals surface area contributed by atoms with E-state index in [1.807, 2.05) is 6.07 Å². The Balaban J connectivity index is 1.60. The minimum Gasteiger partial charge on any atom is -0.491 e. The number of carbonyl (C=O) groups is 5. The van der Waals surface area contributed by atoms with E-state index in [-0.39, 0.29) is 55.6 Å². The lowest BCUT2D eigenvalue weighted by Gasteiger charge is -2.38. The predicted octanol–water partition coefficient (Wildman–Crippen LogP) is 2.07. The number of ether oxygens (including phenoxy) is 2. The quantitative estimate of drug-likeness (QED) is 0.381. The molecule has 0 radical (unpaired) electrons. The van der Waals surface area contributed by atoms with E-state index in [1.54, 1.807) is 51.1 Å². The van der Waals surface area contributed by atoms with Gasteiger partial charge in [-0.1, -0.05) is 38.1 Å². The highest BCUT2D eigenvalue weighted by Gasteiger charge is 2.36. The molecule has 2 aliphatic rings. The van der Waals surface area contributed by atoms with Gasteiger partial charge in [0, 0.05) is 38.6 Å². The summed E-state index contributed by atoms with van der Waals surface area (Å²) in [6, 6.07) is 10.3. The van der Waals surface area contributed by atoms with Crippen molar-refractivity contribution in [2.45, 2.75) is 70.0 Å². The van der Waals surface area contributed by atoms with Crippen molar-refractivity contribution in [2.24, 2.45) is 5.92 Å². The number of benzene rings is 2. The summed E-state index contributed by atoms with van der Waals surface area (Å²) in [5, 5.41) is 11.3. The molecule has 2 aromatic rings. The molecule has 0 unspecified atom stereocenters. The fraction of sp³-hybridized carbons (Fsp3) is 0.514. The molecule has 13 heteroatoms. The Kier molecular flexibility index (Phi) is 12.5. The Morgan fingerprint density at radius 3 is 2.46 bits per heavy atom. The van der Waals surface area contributed by atoms with Gasteiger partial charge in [0.15, 0.2) is 0 Å². The SMILES string of the molecule is CC(C)[C@@H]1NC(=O)CC[C@@H](C(=O)NCC2(c3cccc(F)c3)CCOCC2)NC(=O)c2ccccc2OC[C@H](C)NC(=O)CN(C)C1=O. The van der Waals surface area contributed by atoms with Crippen LogP contribution < -0.4 is 26.0 Å². The van der Waals surface area contributed by atoms with E-state index < -0.39 is 53.1 Å². The topological polar surface area (TPSA) is 155 Å². The molecule has 12 nitrogen and oxygen atoms in total. The third-order valence-corrected chi connectivity index (χ3v) is 8.80. The van der Waals surface area contributed by atoms with Crippen molar-refractivity contribution in [2.75, 3.05) is 40.0 Å². The first-order valence-corrected chi connectivity index (χ1v) is 16.4. The molecule has 2 heterocycles. The highest BCUT2D eigenvalue weighted by molar-refractivity contribution is 6.00. The highest BCUT2D eigenvalue weighted by atomic mass is 19.1. The summed E-state index contributed by atoms with van der Waals surface area (Å²) < 4.78 is 25.7. The van der Waals surface area contributed by atoms with E-state index in [9.17, 15) is 28.4 Å². The molecule has 2 aliphatic heterocycles. The van der Waals surface area contributed by atoms with Crippen LogP contribution in [0.4, 0.5) is 4.39 Å². The Morgan fingerprint density at radius 1 is 1.02 bits per heavy atom. The van der Waals surface area contributed by atoms with E-state index >= 15 is 0 Å². The molecule has 4 N–H and O–H groups in total. The second kappa shape index (κ2) is 16.5. The fourth-order valence-electron chi connectivity index (χ4n) is 5.95. The van der Waals surface area contributed by atoms with Crippen molar-refractivity contribution < 1.29 is 37.8 Å². The lowest BCUT2D eigenvalue weighted by Crippen LogP contribution is -2.53. The number of halogens is 1. The van der Waals surface area contributed by atoms with Gasteiger partial charge in [-0.05, 0) is 61.9 Å². The largest absolute Gasteiger partial charge is 0.491 e. The van der Waals surface area contributed by atoms with Crippen LogP contribution in [0.3, 0.4) is 0 Å². The van der Waals surface area contributed by atoms with Crippen molar-refractivity contribution in [1.29, 1.82) is 0 Å². The summed E-state index contributed by atoms with van der Waals surface area (Å²) in [7, 11) is 1.49. The summed E-state index contributed by atoms with van der Waals surface area (Å²) >= 11 is 0. The highest BCUT2D eigenvalue weighted by Crippen LogP contribution is 2.34. The van der Waals surface area contributed by atoms with E-state index in [1.165, 1.54) is 24.1 Å². The zero-order valence-corrected chi connectivity index (χ0v) is 28.0. The predicted molar refractivity (Wildman–Crippen MR) is 176 cm³/mol. The van der Waals surface area contributed by atoms with Crippen LogP contribution in [0.25, 0.3) is 0 Å². The Labute approximate surface area is 280 Å². The van der Waals surface area contributed by atoms with Gasteiger partial charge < -0.3 is 35.6 Å². The monoisotopic (exact) mass is 667 g/mol. The number of para-hydroxylation sites is 1. The number of likely N-dealkylation sites (N-methyl/N-ethyl adjacent to an activating group) is 1. The van der Waals surface area contributed by atoms with Crippen LogP contribution in [-0.4, -0.2) is 92.5 Å². The van der Waals surface area contributed by atoms with Crippen LogP contribution in [0.1, 0.15) is 62.4 Å². The number of hydrogen-bond acceptors (Lipinski definition) is 7. The number of hydrogen-bond donors (Lipinski definition) is 4. The molecule has 5 amide bonds. The molecule has 0 bridgehead atoms. The van der Waals surface area contributed by atoms with E-state index in [4.69, 9.17) is 9.47 Å². The average molecular weight is 668 g/mol. The molecule has 260 valence electrons. The van der Waals surface area contributed by atoms with Gasteiger partial charge in [0.25, 0.3) is 5.91 Å². The third-order valence-electron chi connectivity index (χ3n) is 8.80. The first-order valence-electron chi connectivity index (χ1n) is 16.4. The second-order valence-electron chi connectivity index (χ2n) is 12.9. The van der Waals surface area contributed by atoms with Gasteiger partial charge >= 0.3 is 0 Å². The van der Waals surface area contributed by atoms with Crippen molar-refractivity contribution in [3.05, 3.63) is 65.5 Å². The molecule has 48 heavy (non-hydrogen) atoms. The zero-order valence-electron chi connectivity index (χ0n) is 28.0. The maximum Gasteiger partial charge on any atom is 0.255 e. The summed E-state index contributed by atoms with van der Waals surface area (Å²) in [6.45, 7) is 6.14. The van der Waals surface area contributed by atoms with Crippen molar-refractivity contribution in [1.82, 2.24) is 26.2 Å². The van der Waals surface area contributed by atoms with Crippen LogP contribution in [0.5, 0.6) is 5.75 Å². The van der Waals surface area contributed by atoms with Crippen molar-refractivity contribution in [3.8, 4) is 5.75 Å². The fourth-order valence-corrected chi connectivity index (χ4v) is 5.95. The molecule has 1 fully saturated rings. The van der Waals surface area contributed by atoms with Gasteiger partial charge in [-0.3, -0.25) is 24.0 Å². The Hall–Kier alpha value is -4.52. The summed E-state index contributed by atoms with van der Waals surface area (Å²) in [6.07, 6.45) is 0.853. The van der Waals surface area contributed by atoms with Crippen LogP contribution >= 0.6 is 0 Å². The van der Waals surface area contributed by atoms with Gasteiger partial charge in [0.05, 0.1) is 18.2 Å². The van der Waals surface area contributed by atoms with E-state index in [0.717, 1.165) is 5.56 Å². The number of nitrogens with zero attached hydrogens (tertiary/aromatic N) is 1. The maximum absolute atomic E-state index is 14.3. The Bertz CT molecular complexity index is 1480. The Morgan fingerprint density at radius 2 is 1.75 bits per heavy atom. The minimum atomic E-state index is -1.13. The number of fused-ring (bicyclic) bond motifs is 1. The molecule has 1 saturated heterocycles. The zero-order chi connectivity index (χ0) is 34.8. The standard InChI is InChI=1S/C35H46FN5O7/c1-22(2)31-34(46)41(4)19-30(43)38-23(3)20-48-28-11-6-5-10-26(28)32(44)39-27(12-13-29(42)40-31)33(45)37-21-35(14-16-47-17-15-35)24-8-7-9-25(36)18-24/h5-11,18,22-23,27,31H,12-17,19-21H2,1-4H3,(H,37,45)(H,38,43)(H,39,44)(H,40,42)/t23-,27-,31-/m0/s1. The molecule has 4 rings (SSSR count). The summed E-state index contributed by atoms with van der Waals surface area (Å²) in [5.74, 6) is -2.87. The van der Waals surface area contributed by atoms with Crippen LogP contribution in [0, 0.1) is 11.7 Å². The number of carbonyl (C=O) groups excluding carboxylic acids is 5. The van der Waals surface area contributed by atoms with Crippen molar-refractivity contribution >= 4 is 29.5 Å². The molecule has 0 aliphatic carbocycles. The number of nitrogens with one attached hydrogen (secondary N) is 4. The van der Waals surface area contributed by atoms with Crippen LogP contribution in [0.15, 0.2) is 48.5 Å². The minimum absolute atomic E-state index is 0.0359. The molecule has 3 atom stereocenters. The van der Waals surface area contributed by atoms with Crippen molar-refractivity contribution in [3.63, 3.8) is 0 Å². The molecule has 0 aromatic heterocycles. The third kappa shape index (κ3) is 9.52. The van der Waals surface area contributed by atoms with Gasteiger partial charge in [-0.2, -0.15) is 0 Å². The molecule has 0 spiro atoms. The smallest absolute Gasteiger partial charge is 0.255 e. The van der Waals surface area contributed by atoms with E-state index in [0.29, 0.717) is 26.1 Å². The summed E-state index contributed by atoms with van der Waals surface area (Å²) in [4.78, 5) is 67.8. The number of amides is 5. The second-order valence-corrected chi connectivity index (χ2v) is 12.9. The molecule has 2 aromatic carbocycles. The average Bonchev–Trinajstić information content (AvgIpc) is 3.06. The maximum atomic E-state index is 14.3. The lowest BCUT2D eigenvalue weighted by molar-refractivity contribution is -0.139. The number of rotatable bonds is 5. The molecule has 0 saturated carbocycles. The van der Waals surface area contributed by atoms with Crippen LogP contribution in [0.2, 0.25) is 0 Å². The molecular weight excluding hydrogens is 621 g/mol. The molecular formula is C35H46FN5O7. The summed E-state index contributed by atoms with van der Waals surface area (Å²) in [5.41, 5.74) is 0.325. The van der Waals surface area contributed by atoms with E-state index in [2.05, 4.69) is 21.3 Å². The van der Waals surface area contributed by atoms with Gasteiger partial charge in [-0.15, -0.1) is 0 Å². The van der Waals surface area contributed by atoms with Gasteiger partial charge in [0.2, 0.25) is 23.6 Å². The first-order chi connectivity index (χ1) is 22.9. The lowest BCUT2D eigenvalue weighted by atomic mass is 9.74. The normalized spacial score (nSPS) is 23.0. The van der Waals surface area contributed by atoms with Crippen LogP contribution in [-0.2, 0) is 29.3 Å². The van der Waals surface area contributed by atoms with Gasteiger partial charge in [-0.25, -0.2) is 4.39 Å².